The lowest BCUT2D eigenvalue weighted by atomic mass is 10.1. The molecule has 1 saturated heterocycles. The van der Waals surface area contributed by atoms with Gasteiger partial charge in [-0.25, -0.2) is 4.39 Å². The molecule has 6 heteroatoms. The minimum Gasteiger partial charge on any atom is -0.481 e. The number of carboxylic acid groups (broad SMARTS) is 1. The van der Waals surface area contributed by atoms with Gasteiger partial charge < -0.3 is 10.4 Å². The zero-order valence-electron chi connectivity index (χ0n) is 11.9. The Labute approximate surface area is 122 Å². The van der Waals surface area contributed by atoms with Crippen molar-refractivity contribution >= 4 is 11.9 Å². The Morgan fingerprint density at radius 1 is 1.48 bits per heavy atom. The third-order valence-corrected chi connectivity index (χ3v) is 3.91. The molecule has 0 bridgehead atoms. The molecule has 1 aliphatic heterocycles. The van der Waals surface area contributed by atoms with Crippen molar-refractivity contribution in [3.8, 4) is 0 Å². The van der Waals surface area contributed by atoms with Crippen molar-refractivity contribution in [2.75, 3.05) is 13.1 Å². The van der Waals surface area contributed by atoms with Crippen molar-refractivity contribution in [1.29, 1.82) is 0 Å². The number of amides is 1. The Kier molecular flexibility index (Phi) is 4.90. The van der Waals surface area contributed by atoms with Crippen LogP contribution in [-0.4, -0.2) is 41.0 Å². The number of aliphatic carboxylic acids is 1. The fourth-order valence-electron chi connectivity index (χ4n) is 2.48. The molecule has 2 N–H and O–H groups in total. The van der Waals surface area contributed by atoms with E-state index in [2.05, 4.69) is 5.32 Å². The van der Waals surface area contributed by atoms with Crippen LogP contribution in [0.15, 0.2) is 24.3 Å². The molecule has 114 valence electrons. The van der Waals surface area contributed by atoms with E-state index in [0.29, 0.717) is 25.1 Å². The fourth-order valence-corrected chi connectivity index (χ4v) is 2.48. The lowest BCUT2D eigenvalue weighted by Crippen LogP contribution is -2.44. The first-order valence-electron chi connectivity index (χ1n) is 6.97. The van der Waals surface area contributed by atoms with Crippen molar-refractivity contribution in [2.45, 2.75) is 25.9 Å². The van der Waals surface area contributed by atoms with Crippen molar-refractivity contribution in [3.63, 3.8) is 0 Å². The SMILES string of the molecule is CC(C(=O)NCc1ccccc1F)N1CCC(C(=O)O)C1. The van der Waals surface area contributed by atoms with Gasteiger partial charge in [0.1, 0.15) is 5.82 Å². The lowest BCUT2D eigenvalue weighted by Gasteiger charge is -2.23. The van der Waals surface area contributed by atoms with E-state index in [0.717, 1.165) is 0 Å². The molecule has 0 saturated carbocycles. The third-order valence-electron chi connectivity index (χ3n) is 3.91. The highest BCUT2D eigenvalue weighted by molar-refractivity contribution is 5.81. The summed E-state index contributed by atoms with van der Waals surface area (Å²) in [4.78, 5) is 24.8. The molecule has 2 unspecified atom stereocenters. The third kappa shape index (κ3) is 3.78. The molecule has 2 atom stereocenters. The van der Waals surface area contributed by atoms with E-state index in [1.165, 1.54) is 6.07 Å². The molecule has 0 spiro atoms. The minimum absolute atomic E-state index is 0.131. The molecule has 0 aromatic heterocycles. The number of hydrogen-bond acceptors (Lipinski definition) is 3. The average molecular weight is 294 g/mol. The van der Waals surface area contributed by atoms with Crippen LogP contribution in [0, 0.1) is 11.7 Å². The van der Waals surface area contributed by atoms with Gasteiger partial charge in [0, 0.05) is 18.7 Å². The van der Waals surface area contributed by atoms with Gasteiger partial charge in [0.05, 0.1) is 12.0 Å². The molecule has 21 heavy (non-hydrogen) atoms. The van der Waals surface area contributed by atoms with Crippen LogP contribution in [-0.2, 0) is 16.1 Å². The van der Waals surface area contributed by atoms with E-state index in [-0.39, 0.29) is 18.3 Å². The van der Waals surface area contributed by atoms with Crippen molar-refractivity contribution in [2.24, 2.45) is 5.92 Å². The first-order chi connectivity index (χ1) is 9.99. The number of likely N-dealkylation sites (tertiary alicyclic amines) is 1. The summed E-state index contributed by atoms with van der Waals surface area (Å²) in [6.45, 7) is 2.84. The van der Waals surface area contributed by atoms with Crippen LogP contribution in [0.25, 0.3) is 0 Å². The summed E-state index contributed by atoms with van der Waals surface area (Å²) in [5, 5.41) is 11.7. The number of carboxylic acids is 1. The second-order valence-electron chi connectivity index (χ2n) is 5.30. The number of hydrogen-bond donors (Lipinski definition) is 2. The Morgan fingerprint density at radius 2 is 2.19 bits per heavy atom. The summed E-state index contributed by atoms with van der Waals surface area (Å²) < 4.78 is 13.5. The first-order valence-corrected chi connectivity index (χ1v) is 6.97. The van der Waals surface area contributed by atoms with Gasteiger partial charge in [0.15, 0.2) is 0 Å². The highest BCUT2D eigenvalue weighted by Gasteiger charge is 2.32. The predicted octanol–water partition coefficient (Wildman–Crippen LogP) is 1.24. The van der Waals surface area contributed by atoms with Crippen LogP contribution in [0.4, 0.5) is 4.39 Å². The van der Waals surface area contributed by atoms with E-state index < -0.39 is 17.9 Å². The van der Waals surface area contributed by atoms with Crippen molar-refractivity contribution in [3.05, 3.63) is 35.6 Å². The van der Waals surface area contributed by atoms with E-state index in [4.69, 9.17) is 5.11 Å². The first kappa shape index (κ1) is 15.4. The van der Waals surface area contributed by atoms with E-state index in [9.17, 15) is 14.0 Å². The van der Waals surface area contributed by atoms with Gasteiger partial charge in [-0.1, -0.05) is 18.2 Å². The van der Waals surface area contributed by atoms with Crippen LogP contribution in [0.5, 0.6) is 0 Å². The van der Waals surface area contributed by atoms with Gasteiger partial charge in [-0.05, 0) is 26.0 Å². The van der Waals surface area contributed by atoms with Gasteiger partial charge in [0.2, 0.25) is 5.91 Å². The number of nitrogens with zero attached hydrogens (tertiary/aromatic N) is 1. The molecule has 2 rings (SSSR count). The Hall–Kier alpha value is -1.95. The molecule has 1 amide bonds. The second kappa shape index (κ2) is 6.67. The normalized spacial score (nSPS) is 20.2. The number of carbonyl (C=O) groups excluding carboxylic acids is 1. The lowest BCUT2D eigenvalue weighted by molar-refractivity contribution is -0.141. The van der Waals surface area contributed by atoms with E-state index in [1.807, 2.05) is 4.90 Å². The van der Waals surface area contributed by atoms with E-state index in [1.54, 1.807) is 25.1 Å². The standard InChI is InChI=1S/C15H19FN2O3/c1-10(18-7-6-12(9-18)15(20)21)14(19)17-8-11-4-2-3-5-13(11)16/h2-5,10,12H,6-9H2,1H3,(H,17,19)(H,20,21). The fraction of sp³-hybridized carbons (Fsp3) is 0.467. The van der Waals surface area contributed by atoms with Crippen LogP contribution in [0.2, 0.25) is 0 Å². The molecule has 1 aliphatic rings. The zero-order valence-corrected chi connectivity index (χ0v) is 11.9. The number of rotatable bonds is 5. The molecule has 0 radical (unpaired) electrons. The van der Waals surface area contributed by atoms with Gasteiger partial charge in [-0.15, -0.1) is 0 Å². The highest BCUT2D eigenvalue weighted by Crippen LogP contribution is 2.18. The van der Waals surface area contributed by atoms with Crippen molar-refractivity contribution in [1.82, 2.24) is 10.2 Å². The van der Waals surface area contributed by atoms with Gasteiger partial charge in [-0.3, -0.25) is 14.5 Å². The summed E-state index contributed by atoms with van der Waals surface area (Å²) in [7, 11) is 0. The van der Waals surface area contributed by atoms with Crippen LogP contribution >= 0.6 is 0 Å². The highest BCUT2D eigenvalue weighted by atomic mass is 19.1. The van der Waals surface area contributed by atoms with Crippen LogP contribution < -0.4 is 5.32 Å². The van der Waals surface area contributed by atoms with Gasteiger partial charge in [-0.2, -0.15) is 0 Å². The topological polar surface area (TPSA) is 69.6 Å². The minimum atomic E-state index is -0.823. The molecule has 1 fully saturated rings. The number of benzene rings is 1. The molecular formula is C15H19FN2O3. The smallest absolute Gasteiger partial charge is 0.307 e. The molecule has 0 aliphatic carbocycles. The van der Waals surface area contributed by atoms with Gasteiger partial charge in [0.25, 0.3) is 0 Å². The average Bonchev–Trinajstić information content (AvgIpc) is 2.95. The van der Waals surface area contributed by atoms with Gasteiger partial charge >= 0.3 is 5.97 Å². The Balaban J connectivity index is 1.86. The van der Waals surface area contributed by atoms with Crippen LogP contribution in [0.3, 0.4) is 0 Å². The molecular weight excluding hydrogens is 275 g/mol. The Morgan fingerprint density at radius 3 is 2.81 bits per heavy atom. The van der Waals surface area contributed by atoms with Crippen LogP contribution in [0.1, 0.15) is 18.9 Å². The van der Waals surface area contributed by atoms with Crippen molar-refractivity contribution < 1.29 is 19.1 Å². The monoisotopic (exact) mass is 294 g/mol. The summed E-state index contributed by atoms with van der Waals surface area (Å²) in [6, 6.07) is 5.87. The Bertz CT molecular complexity index is 535. The number of carbonyl (C=O) groups is 2. The second-order valence-corrected chi connectivity index (χ2v) is 5.30. The maximum atomic E-state index is 13.5. The summed E-state index contributed by atoms with van der Waals surface area (Å²) >= 11 is 0. The summed E-state index contributed by atoms with van der Waals surface area (Å²) in [5.41, 5.74) is 0.433. The summed E-state index contributed by atoms with van der Waals surface area (Å²) in [5.74, 6) is -1.80. The predicted molar refractivity (Wildman–Crippen MR) is 75.0 cm³/mol. The molecule has 1 aromatic rings. The van der Waals surface area contributed by atoms with E-state index >= 15 is 0 Å². The maximum Gasteiger partial charge on any atom is 0.307 e. The summed E-state index contributed by atoms with van der Waals surface area (Å²) in [6.07, 6.45) is 0.556. The molecule has 5 nitrogen and oxygen atoms in total. The zero-order chi connectivity index (χ0) is 15.4. The number of halogens is 1. The largest absolute Gasteiger partial charge is 0.481 e. The molecule has 1 heterocycles. The maximum absolute atomic E-state index is 13.5. The molecule has 1 aromatic carbocycles. The number of nitrogens with one attached hydrogen (secondary N) is 1. The quantitative estimate of drug-likeness (QED) is 0.857.